The van der Waals surface area contributed by atoms with Gasteiger partial charge in [0.05, 0.1) is 11.2 Å². The van der Waals surface area contributed by atoms with Crippen molar-refractivity contribution in [2.24, 2.45) is 10.8 Å². The summed E-state index contributed by atoms with van der Waals surface area (Å²) in [6.45, 7) is 24.5. The van der Waals surface area contributed by atoms with Crippen molar-refractivity contribution >= 4 is 12.6 Å². The molecule has 4 heteroatoms. The van der Waals surface area contributed by atoms with Crippen molar-refractivity contribution in [3.8, 4) is 0 Å². The van der Waals surface area contributed by atoms with Crippen molar-refractivity contribution in [3.05, 3.63) is 0 Å². The van der Waals surface area contributed by atoms with Gasteiger partial charge in [-0.2, -0.15) is 0 Å². The van der Waals surface area contributed by atoms with E-state index in [9.17, 15) is 9.59 Å². The minimum absolute atomic E-state index is 0.0677. The van der Waals surface area contributed by atoms with Gasteiger partial charge in [0, 0.05) is 10.8 Å². The molecule has 2 heterocycles. The molecule has 4 nitrogen and oxygen atoms in total. The Labute approximate surface area is 180 Å². The fourth-order valence-electron chi connectivity index (χ4n) is 3.69. The molecule has 2 aliphatic rings. The lowest BCUT2D eigenvalue weighted by molar-refractivity contribution is -0.324. The van der Waals surface area contributed by atoms with Gasteiger partial charge in [0.15, 0.2) is 12.6 Å². The average molecular weight is 413 g/mol. The molecule has 2 atom stereocenters. The maximum absolute atomic E-state index is 10.7. The van der Waals surface area contributed by atoms with Gasteiger partial charge in [0.25, 0.3) is 0 Å². The van der Waals surface area contributed by atoms with Crippen molar-refractivity contribution in [1.29, 1.82) is 0 Å². The zero-order chi connectivity index (χ0) is 23.4. The van der Waals surface area contributed by atoms with Gasteiger partial charge in [-0.3, -0.25) is 0 Å². The van der Waals surface area contributed by atoms with Crippen molar-refractivity contribution in [3.63, 3.8) is 0 Å². The third kappa shape index (κ3) is 5.31. The van der Waals surface area contributed by atoms with Crippen LogP contribution in [0.4, 0.5) is 0 Å². The highest BCUT2D eigenvalue weighted by atomic mass is 16.6. The Balaban J connectivity index is 0.000000419. The molecule has 0 aromatic heterocycles. The molecule has 0 aliphatic carbocycles. The van der Waals surface area contributed by atoms with Crippen molar-refractivity contribution < 1.29 is 19.1 Å². The van der Waals surface area contributed by atoms with Crippen LogP contribution in [0.2, 0.25) is 0 Å². The van der Waals surface area contributed by atoms with E-state index in [2.05, 4.69) is 41.5 Å². The van der Waals surface area contributed by atoms with Gasteiger partial charge in [-0.15, -0.1) is 0 Å². The molecule has 2 saturated heterocycles. The lowest BCUT2D eigenvalue weighted by Gasteiger charge is -2.62. The lowest BCUT2D eigenvalue weighted by Crippen LogP contribution is -2.71. The molecular formula is C25H48O4. The predicted octanol–water partition coefficient (Wildman–Crippen LogP) is 6.53. The van der Waals surface area contributed by atoms with E-state index < -0.39 is 11.2 Å². The summed E-state index contributed by atoms with van der Waals surface area (Å²) in [5.74, 6) is 0. The number of rotatable bonds is 6. The normalized spacial score (nSPS) is 32.1. The van der Waals surface area contributed by atoms with Gasteiger partial charge in [0.1, 0.15) is 11.2 Å². The number of unbranched alkanes of at least 4 members (excludes halogenated alkanes) is 4. The van der Waals surface area contributed by atoms with E-state index in [1.165, 1.54) is 32.1 Å². The van der Waals surface area contributed by atoms with Gasteiger partial charge in [-0.05, 0) is 41.5 Å². The first-order valence-electron chi connectivity index (χ1n) is 11.3. The summed E-state index contributed by atoms with van der Waals surface area (Å²) in [5, 5.41) is 0. The molecule has 0 aromatic rings. The maximum atomic E-state index is 10.7. The van der Waals surface area contributed by atoms with Crippen molar-refractivity contribution in [2.45, 2.75) is 138 Å². The number of hydrogen-bond acceptors (Lipinski definition) is 4. The summed E-state index contributed by atoms with van der Waals surface area (Å²) in [5.41, 5.74) is -1.66. The Morgan fingerprint density at radius 3 is 0.931 bits per heavy atom. The quantitative estimate of drug-likeness (QED) is 0.367. The fraction of sp³-hybridized carbons (Fsp3) is 0.920. The number of ether oxygens (including phenoxy) is 2. The molecule has 2 fully saturated rings. The van der Waals surface area contributed by atoms with Crippen LogP contribution in [0.5, 0.6) is 0 Å². The second-order valence-electron chi connectivity index (χ2n) is 11.0. The Bertz CT molecular complexity index is 499. The van der Waals surface area contributed by atoms with Crippen molar-refractivity contribution in [2.75, 3.05) is 0 Å². The van der Waals surface area contributed by atoms with E-state index >= 15 is 0 Å². The van der Waals surface area contributed by atoms with E-state index in [1.807, 2.05) is 41.5 Å². The number of aldehydes is 2. The Morgan fingerprint density at radius 2 is 0.828 bits per heavy atom. The molecule has 0 aromatic carbocycles. The summed E-state index contributed by atoms with van der Waals surface area (Å²) < 4.78 is 11.0. The summed E-state index contributed by atoms with van der Waals surface area (Å²) >= 11 is 0. The number of hydrogen-bond donors (Lipinski definition) is 0. The number of carbonyl (C=O) groups is 2. The van der Waals surface area contributed by atoms with Gasteiger partial charge < -0.3 is 19.1 Å². The van der Waals surface area contributed by atoms with E-state index in [1.54, 1.807) is 0 Å². The number of carbonyl (C=O) groups excluding carboxylic acids is 2. The average Bonchev–Trinajstić information content (AvgIpc) is 2.62. The van der Waals surface area contributed by atoms with Crippen LogP contribution in [0.1, 0.15) is 115 Å². The molecule has 29 heavy (non-hydrogen) atoms. The minimum Gasteiger partial charge on any atom is -0.361 e. The zero-order valence-electron chi connectivity index (χ0n) is 21.3. The topological polar surface area (TPSA) is 52.6 Å². The molecule has 0 N–H and O–H groups in total. The van der Waals surface area contributed by atoms with Crippen molar-refractivity contribution in [1.82, 2.24) is 0 Å². The lowest BCUT2D eigenvalue weighted by atomic mass is 9.60. The van der Waals surface area contributed by atoms with Gasteiger partial charge >= 0.3 is 0 Å². The van der Waals surface area contributed by atoms with Crippen LogP contribution < -0.4 is 0 Å². The van der Waals surface area contributed by atoms with Crippen LogP contribution in [0.25, 0.3) is 0 Å². The first kappa shape index (κ1) is 28.3. The highest BCUT2D eigenvalue weighted by Crippen LogP contribution is 2.56. The molecule has 172 valence electrons. The second kappa shape index (κ2) is 9.60. The van der Waals surface area contributed by atoms with E-state index in [-0.39, 0.29) is 22.0 Å². The molecule has 0 bridgehead atoms. The third-order valence-corrected chi connectivity index (χ3v) is 8.08. The van der Waals surface area contributed by atoms with Crippen LogP contribution >= 0.6 is 0 Å². The van der Waals surface area contributed by atoms with Crippen LogP contribution in [0.15, 0.2) is 0 Å². The molecule has 2 rings (SSSR count). The first-order chi connectivity index (χ1) is 12.9. The van der Waals surface area contributed by atoms with E-state index in [0.29, 0.717) is 0 Å². The van der Waals surface area contributed by atoms with Crippen LogP contribution in [0.3, 0.4) is 0 Å². The fourth-order valence-corrected chi connectivity index (χ4v) is 3.69. The monoisotopic (exact) mass is 412 g/mol. The Morgan fingerprint density at radius 1 is 0.552 bits per heavy atom. The summed E-state index contributed by atoms with van der Waals surface area (Å²) in [7, 11) is 0. The second-order valence-corrected chi connectivity index (χ2v) is 11.0. The highest BCUT2D eigenvalue weighted by molar-refractivity contribution is 5.66. The third-order valence-electron chi connectivity index (χ3n) is 8.08. The predicted molar refractivity (Wildman–Crippen MR) is 121 cm³/mol. The largest absolute Gasteiger partial charge is 0.361 e. The molecular weight excluding hydrogens is 364 g/mol. The molecule has 2 aliphatic heterocycles. The Hall–Kier alpha value is -0.740. The zero-order valence-corrected chi connectivity index (χ0v) is 21.3. The SMILES string of the molecule is CC1(C)OC(C)(C=O)C1(C)C.CC1(C)OC(C)(C=O)C1(C)C.CCCCCCC. The molecule has 2 unspecified atom stereocenters. The van der Waals surface area contributed by atoms with E-state index in [0.717, 1.165) is 12.6 Å². The summed E-state index contributed by atoms with van der Waals surface area (Å²) in [6.07, 6.45) is 8.81. The highest BCUT2D eigenvalue weighted by Gasteiger charge is 2.64. The first-order valence-corrected chi connectivity index (χ1v) is 11.3. The van der Waals surface area contributed by atoms with Gasteiger partial charge in [-0.1, -0.05) is 73.6 Å². The molecule has 0 spiro atoms. The molecule has 0 radical (unpaired) electrons. The van der Waals surface area contributed by atoms with Crippen LogP contribution in [-0.2, 0) is 19.1 Å². The molecule has 0 amide bonds. The Kier molecular flexibility index (Phi) is 9.35. The minimum atomic E-state index is -0.587. The summed E-state index contributed by atoms with van der Waals surface area (Å²) in [6, 6.07) is 0. The van der Waals surface area contributed by atoms with Gasteiger partial charge in [-0.25, -0.2) is 0 Å². The van der Waals surface area contributed by atoms with E-state index in [4.69, 9.17) is 9.47 Å². The van der Waals surface area contributed by atoms with Gasteiger partial charge in [0.2, 0.25) is 0 Å². The van der Waals surface area contributed by atoms with Crippen LogP contribution in [0, 0.1) is 10.8 Å². The van der Waals surface area contributed by atoms with Crippen LogP contribution in [-0.4, -0.2) is 35.0 Å². The maximum Gasteiger partial charge on any atom is 0.152 e. The smallest absolute Gasteiger partial charge is 0.152 e. The summed E-state index contributed by atoms with van der Waals surface area (Å²) in [4.78, 5) is 21.4. The standard InChI is InChI=1S/2C9H16O2.C7H16/c2*1-7(2)8(3,4)11-9(7,5)6-10;1-3-5-7-6-4-2/h2*6H,1-5H3;3-7H2,1-2H3. The molecule has 0 saturated carbocycles.